The van der Waals surface area contributed by atoms with E-state index in [4.69, 9.17) is 10.5 Å². The highest BCUT2D eigenvalue weighted by atomic mass is 16.5. The fourth-order valence-corrected chi connectivity index (χ4v) is 3.55. The number of fused-ring (bicyclic) bond motifs is 1. The van der Waals surface area contributed by atoms with Crippen LogP contribution in [0.2, 0.25) is 0 Å². The summed E-state index contributed by atoms with van der Waals surface area (Å²) in [6, 6.07) is 15.2. The van der Waals surface area contributed by atoms with Crippen LogP contribution in [0, 0.1) is 0 Å². The number of hydrogen-bond donors (Lipinski definition) is 2. The first-order valence-corrected chi connectivity index (χ1v) is 10.0. The average molecular weight is 365 g/mol. The van der Waals surface area contributed by atoms with Crippen LogP contribution in [0.1, 0.15) is 51.7 Å². The minimum atomic E-state index is 0.138. The number of aromatic amines is 1. The van der Waals surface area contributed by atoms with E-state index in [-0.39, 0.29) is 5.41 Å². The van der Waals surface area contributed by atoms with Gasteiger partial charge in [-0.15, -0.1) is 0 Å². The van der Waals surface area contributed by atoms with E-state index in [9.17, 15) is 0 Å². The molecule has 3 aromatic rings. The number of aromatic nitrogens is 1. The Morgan fingerprint density at radius 3 is 2.37 bits per heavy atom. The lowest BCUT2D eigenvalue weighted by Crippen LogP contribution is -2.10. The molecule has 3 rings (SSSR count). The second-order valence-corrected chi connectivity index (χ2v) is 8.19. The Bertz CT molecular complexity index is 885. The standard InChI is InChI=1S/C24H32N2O/c1-5-27-19-12-9-17(10-13-19)23-20(8-6-7-15-25)21-16-18(24(2,3)4)11-14-22(21)26-23/h9-14,16,26H,5-8,15,25H2,1-4H3. The number of ether oxygens (including phenoxy) is 1. The molecule has 3 heteroatoms. The summed E-state index contributed by atoms with van der Waals surface area (Å²) in [5.41, 5.74) is 12.3. The molecule has 0 saturated heterocycles. The molecule has 0 aliphatic rings. The molecule has 0 atom stereocenters. The van der Waals surface area contributed by atoms with Crippen molar-refractivity contribution in [1.29, 1.82) is 0 Å². The highest BCUT2D eigenvalue weighted by Gasteiger charge is 2.18. The molecule has 1 aromatic heterocycles. The largest absolute Gasteiger partial charge is 0.494 e. The third kappa shape index (κ3) is 4.36. The fourth-order valence-electron chi connectivity index (χ4n) is 3.55. The molecule has 2 aromatic carbocycles. The third-order valence-corrected chi connectivity index (χ3v) is 5.11. The van der Waals surface area contributed by atoms with Gasteiger partial charge in [0.2, 0.25) is 0 Å². The number of unbranched alkanes of at least 4 members (excludes halogenated alkanes) is 1. The number of H-pyrrole nitrogens is 1. The van der Waals surface area contributed by atoms with Crippen LogP contribution < -0.4 is 10.5 Å². The molecule has 3 N–H and O–H groups in total. The molecule has 0 bridgehead atoms. The van der Waals surface area contributed by atoms with E-state index < -0.39 is 0 Å². The summed E-state index contributed by atoms with van der Waals surface area (Å²) >= 11 is 0. The lowest BCUT2D eigenvalue weighted by atomic mass is 9.86. The first-order chi connectivity index (χ1) is 12.9. The van der Waals surface area contributed by atoms with Gasteiger partial charge in [-0.05, 0) is 91.2 Å². The first-order valence-electron chi connectivity index (χ1n) is 10.0. The Balaban J connectivity index is 2.08. The van der Waals surface area contributed by atoms with Crippen molar-refractivity contribution in [3.8, 4) is 17.0 Å². The van der Waals surface area contributed by atoms with Gasteiger partial charge in [0.25, 0.3) is 0 Å². The molecule has 0 aliphatic heterocycles. The summed E-state index contributed by atoms with van der Waals surface area (Å²) in [4.78, 5) is 3.67. The highest BCUT2D eigenvalue weighted by molar-refractivity contribution is 5.91. The van der Waals surface area contributed by atoms with E-state index in [0.29, 0.717) is 6.61 Å². The van der Waals surface area contributed by atoms with Gasteiger partial charge in [0.05, 0.1) is 6.61 Å². The van der Waals surface area contributed by atoms with Crippen molar-refractivity contribution in [1.82, 2.24) is 4.98 Å². The van der Waals surface area contributed by atoms with Crippen molar-refractivity contribution in [3.05, 3.63) is 53.6 Å². The van der Waals surface area contributed by atoms with Crippen LogP contribution in [0.15, 0.2) is 42.5 Å². The number of aryl methyl sites for hydroxylation is 1. The number of rotatable bonds is 7. The molecule has 0 aliphatic carbocycles. The van der Waals surface area contributed by atoms with Crippen LogP contribution in [-0.4, -0.2) is 18.1 Å². The van der Waals surface area contributed by atoms with Crippen LogP contribution in [0.5, 0.6) is 5.75 Å². The van der Waals surface area contributed by atoms with Gasteiger partial charge in [-0.2, -0.15) is 0 Å². The molecule has 144 valence electrons. The van der Waals surface area contributed by atoms with E-state index in [1.165, 1.54) is 33.3 Å². The van der Waals surface area contributed by atoms with Gasteiger partial charge < -0.3 is 15.5 Å². The van der Waals surface area contributed by atoms with E-state index in [1.807, 2.05) is 6.92 Å². The first kappa shape index (κ1) is 19.5. The van der Waals surface area contributed by atoms with Gasteiger partial charge in [-0.25, -0.2) is 0 Å². The Labute approximate surface area is 162 Å². The normalized spacial score (nSPS) is 11.9. The maximum atomic E-state index is 5.73. The maximum absolute atomic E-state index is 5.73. The number of hydrogen-bond acceptors (Lipinski definition) is 2. The zero-order valence-corrected chi connectivity index (χ0v) is 17.1. The van der Waals surface area contributed by atoms with Gasteiger partial charge in [0.1, 0.15) is 5.75 Å². The van der Waals surface area contributed by atoms with Gasteiger partial charge >= 0.3 is 0 Å². The van der Waals surface area contributed by atoms with Crippen LogP contribution >= 0.6 is 0 Å². The predicted molar refractivity (Wildman–Crippen MR) is 116 cm³/mol. The second-order valence-electron chi connectivity index (χ2n) is 8.19. The molecular weight excluding hydrogens is 332 g/mol. The maximum Gasteiger partial charge on any atom is 0.119 e. The lowest BCUT2D eigenvalue weighted by molar-refractivity contribution is 0.340. The minimum absolute atomic E-state index is 0.138. The van der Waals surface area contributed by atoms with Gasteiger partial charge in [-0.3, -0.25) is 0 Å². The van der Waals surface area contributed by atoms with Crippen molar-refractivity contribution in [2.45, 2.75) is 52.4 Å². The van der Waals surface area contributed by atoms with Gasteiger partial charge in [0.15, 0.2) is 0 Å². The fraction of sp³-hybridized carbons (Fsp3) is 0.417. The van der Waals surface area contributed by atoms with Crippen molar-refractivity contribution in [3.63, 3.8) is 0 Å². The third-order valence-electron chi connectivity index (χ3n) is 5.11. The summed E-state index contributed by atoms with van der Waals surface area (Å²) < 4.78 is 5.59. The molecule has 0 amide bonds. The van der Waals surface area contributed by atoms with E-state index in [2.05, 4.69) is 68.2 Å². The molecule has 0 radical (unpaired) electrons. The van der Waals surface area contributed by atoms with E-state index in [1.54, 1.807) is 0 Å². The van der Waals surface area contributed by atoms with Crippen molar-refractivity contribution in [2.75, 3.05) is 13.2 Å². The Morgan fingerprint density at radius 1 is 1.00 bits per heavy atom. The van der Waals surface area contributed by atoms with Crippen molar-refractivity contribution in [2.24, 2.45) is 5.73 Å². The molecule has 1 heterocycles. The molecule has 0 saturated carbocycles. The predicted octanol–water partition coefficient (Wildman–Crippen LogP) is 5.81. The van der Waals surface area contributed by atoms with Gasteiger partial charge in [0, 0.05) is 16.6 Å². The average Bonchev–Trinajstić information content (AvgIpc) is 3.00. The monoisotopic (exact) mass is 364 g/mol. The summed E-state index contributed by atoms with van der Waals surface area (Å²) in [5.74, 6) is 0.914. The smallest absolute Gasteiger partial charge is 0.119 e. The molecule has 0 unspecified atom stereocenters. The van der Waals surface area contributed by atoms with Crippen LogP contribution in [0.4, 0.5) is 0 Å². The van der Waals surface area contributed by atoms with Crippen LogP contribution in [-0.2, 0) is 11.8 Å². The van der Waals surface area contributed by atoms with E-state index >= 15 is 0 Å². The van der Waals surface area contributed by atoms with Crippen molar-refractivity contribution < 1.29 is 4.74 Å². The minimum Gasteiger partial charge on any atom is -0.494 e. The van der Waals surface area contributed by atoms with Crippen LogP contribution in [0.25, 0.3) is 22.2 Å². The number of nitrogens with two attached hydrogens (primary N) is 1. The summed E-state index contributed by atoms with van der Waals surface area (Å²) in [6.07, 6.45) is 3.19. The molecular formula is C24H32N2O. The summed E-state index contributed by atoms with van der Waals surface area (Å²) in [6.45, 7) is 10.2. The quantitative estimate of drug-likeness (QED) is 0.520. The molecule has 27 heavy (non-hydrogen) atoms. The summed E-state index contributed by atoms with van der Waals surface area (Å²) in [5, 5.41) is 1.34. The zero-order chi connectivity index (χ0) is 19.4. The highest BCUT2D eigenvalue weighted by Crippen LogP contribution is 2.35. The Kier molecular flexibility index (Phi) is 5.91. The number of nitrogens with one attached hydrogen (secondary N) is 1. The molecule has 3 nitrogen and oxygen atoms in total. The van der Waals surface area contributed by atoms with Crippen LogP contribution in [0.3, 0.4) is 0 Å². The number of benzene rings is 2. The lowest BCUT2D eigenvalue weighted by Gasteiger charge is -2.19. The molecule has 0 spiro atoms. The Hall–Kier alpha value is -2.26. The van der Waals surface area contributed by atoms with Crippen molar-refractivity contribution >= 4 is 10.9 Å². The Morgan fingerprint density at radius 2 is 1.74 bits per heavy atom. The zero-order valence-electron chi connectivity index (χ0n) is 17.1. The SMILES string of the molecule is CCOc1ccc(-c2[nH]c3ccc(C(C)(C)C)cc3c2CCCCN)cc1. The topological polar surface area (TPSA) is 51.0 Å². The van der Waals surface area contributed by atoms with Gasteiger partial charge in [-0.1, -0.05) is 26.8 Å². The second kappa shape index (κ2) is 8.18. The molecule has 0 fully saturated rings. The summed E-state index contributed by atoms with van der Waals surface area (Å²) in [7, 11) is 0. The van der Waals surface area contributed by atoms with E-state index in [0.717, 1.165) is 31.6 Å².